The molecule has 0 spiro atoms. The molecule has 2 heteroatoms. The molecule has 0 aliphatic carbocycles. The summed E-state index contributed by atoms with van der Waals surface area (Å²) in [6.07, 6.45) is 0. The SMILES string of the molecule is Cc1cc2c(cc1-c1cc3c4ccccc4n(-c4ccccc4)c3cc1C)c1ccccc1n2-c1ccccc1. The fraction of sp³-hybridized carbons (Fsp3) is 0.0526. The van der Waals surface area contributed by atoms with Gasteiger partial charge in [0.25, 0.3) is 0 Å². The fourth-order valence-electron chi connectivity index (χ4n) is 6.53. The maximum absolute atomic E-state index is 2.41. The minimum atomic E-state index is 1.19. The lowest BCUT2D eigenvalue weighted by atomic mass is 9.93. The van der Waals surface area contributed by atoms with Gasteiger partial charge >= 0.3 is 0 Å². The third-order valence-corrected chi connectivity index (χ3v) is 8.36. The lowest BCUT2D eigenvalue weighted by Crippen LogP contribution is -1.95. The first-order valence-electron chi connectivity index (χ1n) is 13.9. The molecule has 8 aromatic rings. The van der Waals surface area contributed by atoms with Crippen molar-refractivity contribution in [1.82, 2.24) is 9.13 Å². The summed E-state index contributed by atoms with van der Waals surface area (Å²) in [7, 11) is 0. The maximum Gasteiger partial charge on any atom is 0.0544 e. The van der Waals surface area contributed by atoms with Crippen LogP contribution in [0.1, 0.15) is 11.1 Å². The second kappa shape index (κ2) is 8.72. The van der Waals surface area contributed by atoms with E-state index in [0.717, 1.165) is 0 Å². The molecule has 0 unspecified atom stereocenters. The van der Waals surface area contributed by atoms with Crippen molar-refractivity contribution < 1.29 is 0 Å². The molecule has 2 nitrogen and oxygen atoms in total. The number of hydrogen-bond donors (Lipinski definition) is 0. The molecule has 0 amide bonds. The molecule has 2 heterocycles. The normalized spacial score (nSPS) is 11.8. The highest BCUT2D eigenvalue weighted by Gasteiger charge is 2.18. The van der Waals surface area contributed by atoms with E-state index in [1.54, 1.807) is 0 Å². The van der Waals surface area contributed by atoms with E-state index >= 15 is 0 Å². The van der Waals surface area contributed by atoms with Crippen LogP contribution in [0.25, 0.3) is 66.1 Å². The fourth-order valence-corrected chi connectivity index (χ4v) is 6.53. The van der Waals surface area contributed by atoms with Gasteiger partial charge in [0.05, 0.1) is 22.1 Å². The van der Waals surface area contributed by atoms with E-state index in [4.69, 9.17) is 0 Å². The van der Waals surface area contributed by atoms with E-state index in [1.807, 2.05) is 0 Å². The van der Waals surface area contributed by atoms with Crippen molar-refractivity contribution in [3.05, 3.63) is 145 Å². The number of para-hydroxylation sites is 4. The summed E-state index contributed by atoms with van der Waals surface area (Å²) in [5.74, 6) is 0. The van der Waals surface area contributed by atoms with Crippen LogP contribution in [0.4, 0.5) is 0 Å². The van der Waals surface area contributed by atoms with Crippen LogP contribution in [-0.2, 0) is 0 Å². The zero-order chi connectivity index (χ0) is 26.8. The Bertz CT molecular complexity index is 2050. The van der Waals surface area contributed by atoms with Crippen LogP contribution in [-0.4, -0.2) is 9.13 Å². The topological polar surface area (TPSA) is 9.86 Å². The van der Waals surface area contributed by atoms with E-state index in [9.17, 15) is 0 Å². The van der Waals surface area contributed by atoms with Crippen molar-refractivity contribution in [2.75, 3.05) is 0 Å². The standard InChI is InChI=1S/C38H28N2/c1-25-21-37-33(29-17-9-11-19-35(29)39(37)27-13-5-3-6-14-27)23-31(25)32-24-34-30-18-10-12-20-36(30)40(38(34)22-26(32)2)28-15-7-4-8-16-28/h3-24H,1-2H3. The van der Waals surface area contributed by atoms with Crippen LogP contribution in [0.15, 0.2) is 133 Å². The maximum atomic E-state index is 2.41. The minimum Gasteiger partial charge on any atom is -0.309 e. The Morgan fingerprint density at radius 3 is 1.15 bits per heavy atom. The van der Waals surface area contributed by atoms with Crippen LogP contribution >= 0.6 is 0 Å². The van der Waals surface area contributed by atoms with Crippen LogP contribution in [0.5, 0.6) is 0 Å². The van der Waals surface area contributed by atoms with Crippen molar-refractivity contribution in [3.8, 4) is 22.5 Å². The number of aromatic nitrogens is 2. The number of rotatable bonds is 3. The first-order chi connectivity index (χ1) is 19.7. The summed E-state index contributed by atoms with van der Waals surface area (Å²) in [6.45, 7) is 4.50. The Balaban J connectivity index is 1.42. The van der Waals surface area contributed by atoms with Crippen LogP contribution in [0, 0.1) is 13.8 Å². The zero-order valence-electron chi connectivity index (χ0n) is 22.6. The van der Waals surface area contributed by atoms with Gasteiger partial charge in [-0.15, -0.1) is 0 Å². The van der Waals surface area contributed by atoms with Gasteiger partial charge in [0.15, 0.2) is 0 Å². The second-order valence-electron chi connectivity index (χ2n) is 10.7. The quantitative estimate of drug-likeness (QED) is 0.223. The number of benzene rings is 6. The summed E-state index contributed by atoms with van der Waals surface area (Å²) in [5, 5.41) is 5.13. The molecule has 190 valence electrons. The van der Waals surface area contributed by atoms with Gasteiger partial charge in [0.2, 0.25) is 0 Å². The number of hydrogen-bond acceptors (Lipinski definition) is 0. The Labute approximate surface area is 233 Å². The molecule has 2 aromatic heterocycles. The molecular formula is C38H28N2. The molecule has 6 aromatic carbocycles. The molecule has 0 aliphatic heterocycles. The first kappa shape index (κ1) is 22.9. The third-order valence-electron chi connectivity index (χ3n) is 8.36. The highest BCUT2D eigenvalue weighted by Crippen LogP contribution is 2.40. The van der Waals surface area contributed by atoms with Crippen LogP contribution in [0.3, 0.4) is 0 Å². The highest BCUT2D eigenvalue weighted by molar-refractivity contribution is 6.13. The molecule has 0 saturated heterocycles. The molecule has 0 saturated carbocycles. The van der Waals surface area contributed by atoms with Crippen molar-refractivity contribution >= 4 is 43.6 Å². The monoisotopic (exact) mass is 512 g/mol. The van der Waals surface area contributed by atoms with Crippen LogP contribution < -0.4 is 0 Å². The largest absolute Gasteiger partial charge is 0.309 e. The van der Waals surface area contributed by atoms with Crippen molar-refractivity contribution in [3.63, 3.8) is 0 Å². The summed E-state index contributed by atoms with van der Waals surface area (Å²) >= 11 is 0. The van der Waals surface area contributed by atoms with Gasteiger partial charge in [0.1, 0.15) is 0 Å². The van der Waals surface area contributed by atoms with E-state index in [-0.39, 0.29) is 0 Å². The summed E-state index contributed by atoms with van der Waals surface area (Å²) in [6, 6.07) is 48.5. The Hall–Kier alpha value is -5.08. The molecule has 0 radical (unpaired) electrons. The molecule has 0 atom stereocenters. The number of nitrogens with zero attached hydrogens (tertiary/aromatic N) is 2. The lowest BCUT2D eigenvalue weighted by Gasteiger charge is -2.14. The predicted octanol–water partition coefficient (Wildman–Crippen LogP) is 10.2. The van der Waals surface area contributed by atoms with Crippen molar-refractivity contribution in [2.45, 2.75) is 13.8 Å². The van der Waals surface area contributed by atoms with Gasteiger partial charge in [-0.2, -0.15) is 0 Å². The van der Waals surface area contributed by atoms with Gasteiger partial charge in [0, 0.05) is 32.9 Å². The Morgan fingerprint density at radius 1 is 0.350 bits per heavy atom. The van der Waals surface area contributed by atoms with Gasteiger partial charge in [-0.05, 0) is 96.8 Å². The van der Waals surface area contributed by atoms with E-state index < -0.39 is 0 Å². The molecular weight excluding hydrogens is 484 g/mol. The third kappa shape index (κ3) is 3.29. The molecule has 0 N–H and O–H groups in total. The smallest absolute Gasteiger partial charge is 0.0544 e. The van der Waals surface area contributed by atoms with Crippen molar-refractivity contribution in [1.29, 1.82) is 0 Å². The van der Waals surface area contributed by atoms with Crippen LogP contribution in [0.2, 0.25) is 0 Å². The minimum absolute atomic E-state index is 1.19. The summed E-state index contributed by atoms with van der Waals surface area (Å²) in [5.41, 5.74) is 12.5. The van der Waals surface area contributed by atoms with E-state index in [0.29, 0.717) is 0 Å². The zero-order valence-corrected chi connectivity index (χ0v) is 22.6. The number of fused-ring (bicyclic) bond motifs is 6. The lowest BCUT2D eigenvalue weighted by molar-refractivity contribution is 1.18. The molecule has 0 aliphatic rings. The molecule has 40 heavy (non-hydrogen) atoms. The summed E-state index contributed by atoms with van der Waals surface area (Å²) in [4.78, 5) is 0. The average molecular weight is 513 g/mol. The number of aryl methyl sites for hydroxylation is 2. The van der Waals surface area contributed by atoms with E-state index in [2.05, 4.69) is 156 Å². The first-order valence-corrected chi connectivity index (χ1v) is 13.9. The predicted molar refractivity (Wildman–Crippen MR) is 170 cm³/mol. The van der Waals surface area contributed by atoms with E-state index in [1.165, 1.54) is 77.2 Å². The average Bonchev–Trinajstić information content (AvgIpc) is 3.49. The second-order valence-corrected chi connectivity index (χ2v) is 10.7. The summed E-state index contributed by atoms with van der Waals surface area (Å²) < 4.78 is 4.79. The van der Waals surface area contributed by atoms with Crippen molar-refractivity contribution in [2.24, 2.45) is 0 Å². The van der Waals surface area contributed by atoms with Gasteiger partial charge in [-0.1, -0.05) is 72.8 Å². The molecule has 0 fully saturated rings. The Kier molecular flexibility index (Phi) is 4.99. The Morgan fingerprint density at radius 2 is 0.725 bits per heavy atom. The highest BCUT2D eigenvalue weighted by atomic mass is 15.0. The van der Waals surface area contributed by atoms with Gasteiger partial charge in [-0.25, -0.2) is 0 Å². The van der Waals surface area contributed by atoms with Gasteiger partial charge < -0.3 is 9.13 Å². The molecule has 8 rings (SSSR count). The molecule has 0 bridgehead atoms. The van der Waals surface area contributed by atoms with Gasteiger partial charge in [-0.3, -0.25) is 0 Å².